The van der Waals surface area contributed by atoms with E-state index in [2.05, 4.69) is 56.3 Å². The summed E-state index contributed by atoms with van der Waals surface area (Å²) in [5, 5.41) is 0. The Morgan fingerprint density at radius 1 is 1.09 bits per heavy atom. The molecular weight excluding hydrogens is 392 g/mol. The topological polar surface area (TPSA) is 26.3 Å². The van der Waals surface area contributed by atoms with Crippen LogP contribution in [-0.2, 0) is 24.2 Å². The van der Waals surface area contributed by atoms with Gasteiger partial charge in [-0.15, -0.1) is 0 Å². The van der Waals surface area contributed by atoms with Gasteiger partial charge in [0, 0.05) is 6.42 Å². The van der Waals surface area contributed by atoms with Crippen molar-refractivity contribution < 1.29 is 9.53 Å². The van der Waals surface area contributed by atoms with Crippen molar-refractivity contribution in [1.29, 1.82) is 0 Å². The standard InChI is InChI=1S/C30H38O2/c1-4-22-17-27-23(18-29(22)32-19-21-8-6-5-7-9-21)10-12-26-25(27)14-15-30(3)24(16-20(2)31)11-13-28(26)30/h5-9,17-18,24-26,28H,4,10-16,19H2,1-3H3/t24-,25?,26?,28?,30?/m1/s1. The summed E-state index contributed by atoms with van der Waals surface area (Å²) in [5.41, 5.74) is 6.09. The van der Waals surface area contributed by atoms with Gasteiger partial charge in [0.25, 0.3) is 0 Å². The molecule has 2 nitrogen and oxygen atoms in total. The number of benzene rings is 2. The molecule has 0 radical (unpaired) electrons. The lowest BCUT2D eigenvalue weighted by atomic mass is 9.54. The molecule has 0 heterocycles. The van der Waals surface area contributed by atoms with Crippen LogP contribution in [0.4, 0.5) is 0 Å². The van der Waals surface area contributed by atoms with E-state index in [1.807, 2.05) is 0 Å². The molecule has 4 unspecified atom stereocenters. The highest BCUT2D eigenvalue weighted by molar-refractivity contribution is 5.75. The van der Waals surface area contributed by atoms with Gasteiger partial charge in [0.15, 0.2) is 0 Å². The first-order chi connectivity index (χ1) is 15.5. The third-order valence-corrected chi connectivity index (χ3v) is 9.25. The van der Waals surface area contributed by atoms with E-state index in [-0.39, 0.29) is 0 Å². The van der Waals surface area contributed by atoms with Crippen LogP contribution in [0.25, 0.3) is 0 Å². The van der Waals surface area contributed by atoms with Crippen molar-refractivity contribution in [1.82, 2.24) is 0 Å². The Labute approximate surface area is 193 Å². The number of hydrogen-bond acceptors (Lipinski definition) is 2. The Hall–Kier alpha value is -2.09. The number of carbonyl (C=O) groups is 1. The first-order valence-electron chi connectivity index (χ1n) is 12.8. The van der Waals surface area contributed by atoms with E-state index < -0.39 is 0 Å². The van der Waals surface area contributed by atoms with Crippen molar-refractivity contribution in [2.45, 2.75) is 84.7 Å². The van der Waals surface area contributed by atoms with Crippen LogP contribution in [0.2, 0.25) is 0 Å². The zero-order valence-electron chi connectivity index (χ0n) is 20.0. The lowest BCUT2D eigenvalue weighted by Gasteiger charge is -2.51. The number of fused-ring (bicyclic) bond motifs is 5. The van der Waals surface area contributed by atoms with Crippen LogP contribution >= 0.6 is 0 Å². The Balaban J connectivity index is 1.38. The molecule has 5 atom stereocenters. The number of aryl methyl sites for hydroxylation is 2. The van der Waals surface area contributed by atoms with Gasteiger partial charge in [-0.2, -0.15) is 0 Å². The third-order valence-electron chi connectivity index (χ3n) is 9.25. The summed E-state index contributed by atoms with van der Waals surface area (Å²) >= 11 is 0. The summed E-state index contributed by atoms with van der Waals surface area (Å²) in [6.07, 6.45) is 9.42. The molecule has 2 aromatic rings. The predicted octanol–water partition coefficient (Wildman–Crippen LogP) is 7.28. The summed E-state index contributed by atoms with van der Waals surface area (Å²) in [5.74, 6) is 4.34. The number of rotatable bonds is 6. The SMILES string of the molecule is CCc1cc2c(cc1OCc1ccccc1)CCC1C2CCC2(C)C1CC[C@@H]2CC(C)=O. The third kappa shape index (κ3) is 3.80. The first kappa shape index (κ1) is 21.7. The molecule has 0 bridgehead atoms. The highest BCUT2D eigenvalue weighted by Crippen LogP contribution is 2.63. The van der Waals surface area contributed by atoms with Gasteiger partial charge in [-0.25, -0.2) is 0 Å². The van der Waals surface area contributed by atoms with Crippen molar-refractivity contribution in [3.63, 3.8) is 0 Å². The van der Waals surface area contributed by atoms with Crippen molar-refractivity contribution in [2.24, 2.45) is 23.2 Å². The highest BCUT2D eigenvalue weighted by atomic mass is 16.5. The zero-order valence-corrected chi connectivity index (χ0v) is 20.0. The van der Waals surface area contributed by atoms with E-state index in [4.69, 9.17) is 4.74 Å². The Morgan fingerprint density at radius 3 is 2.66 bits per heavy atom. The molecular formula is C30H38O2. The van der Waals surface area contributed by atoms with Crippen LogP contribution in [0.1, 0.15) is 87.5 Å². The Kier molecular flexibility index (Phi) is 5.90. The van der Waals surface area contributed by atoms with Gasteiger partial charge in [0.2, 0.25) is 0 Å². The smallest absolute Gasteiger partial charge is 0.130 e. The summed E-state index contributed by atoms with van der Waals surface area (Å²) in [4.78, 5) is 11.9. The number of carbonyl (C=O) groups excluding carboxylic acids is 1. The fraction of sp³-hybridized carbons (Fsp3) is 0.567. The molecule has 3 aliphatic carbocycles. The number of ether oxygens (including phenoxy) is 1. The van der Waals surface area contributed by atoms with Crippen LogP contribution in [0, 0.1) is 23.2 Å². The molecule has 2 saturated carbocycles. The molecule has 2 fully saturated rings. The second-order valence-corrected chi connectivity index (χ2v) is 10.9. The molecule has 32 heavy (non-hydrogen) atoms. The zero-order chi connectivity index (χ0) is 22.3. The molecule has 3 aliphatic rings. The average molecular weight is 431 g/mol. The van der Waals surface area contributed by atoms with Crippen LogP contribution in [-0.4, -0.2) is 5.78 Å². The minimum absolute atomic E-state index is 0.372. The maximum Gasteiger partial charge on any atom is 0.130 e. The van der Waals surface area contributed by atoms with E-state index >= 15 is 0 Å². The molecule has 0 aliphatic heterocycles. The number of ketones is 1. The number of hydrogen-bond donors (Lipinski definition) is 0. The number of Topliss-reactive ketones (excluding diaryl/α,β-unsaturated/α-hetero) is 1. The quantitative estimate of drug-likeness (QED) is 0.481. The summed E-state index contributed by atoms with van der Waals surface area (Å²) in [6, 6.07) is 15.3. The van der Waals surface area contributed by atoms with Gasteiger partial charge in [0.05, 0.1) is 0 Å². The van der Waals surface area contributed by atoms with Crippen LogP contribution in [0.3, 0.4) is 0 Å². The van der Waals surface area contributed by atoms with Crippen LogP contribution in [0.15, 0.2) is 42.5 Å². The molecule has 0 N–H and O–H groups in total. The van der Waals surface area contributed by atoms with Crippen molar-refractivity contribution in [3.8, 4) is 5.75 Å². The largest absolute Gasteiger partial charge is 0.489 e. The van der Waals surface area contributed by atoms with E-state index in [0.29, 0.717) is 29.6 Å². The summed E-state index contributed by atoms with van der Waals surface area (Å²) in [6.45, 7) is 7.18. The lowest BCUT2D eigenvalue weighted by molar-refractivity contribution is -0.119. The molecule has 170 valence electrons. The highest BCUT2D eigenvalue weighted by Gasteiger charge is 2.54. The van der Waals surface area contributed by atoms with Gasteiger partial charge in [0.1, 0.15) is 18.1 Å². The van der Waals surface area contributed by atoms with Crippen molar-refractivity contribution >= 4 is 5.78 Å². The predicted molar refractivity (Wildman–Crippen MR) is 130 cm³/mol. The van der Waals surface area contributed by atoms with E-state index in [0.717, 1.165) is 30.4 Å². The van der Waals surface area contributed by atoms with Gasteiger partial charge < -0.3 is 9.53 Å². The summed E-state index contributed by atoms with van der Waals surface area (Å²) < 4.78 is 6.32. The average Bonchev–Trinajstić information content (AvgIpc) is 3.13. The molecule has 2 heteroatoms. The lowest BCUT2D eigenvalue weighted by Crippen LogP contribution is -2.42. The Morgan fingerprint density at radius 2 is 1.91 bits per heavy atom. The van der Waals surface area contributed by atoms with Crippen LogP contribution < -0.4 is 4.74 Å². The van der Waals surface area contributed by atoms with Crippen LogP contribution in [0.5, 0.6) is 5.75 Å². The van der Waals surface area contributed by atoms with E-state index in [1.54, 1.807) is 12.5 Å². The molecule has 0 amide bonds. The molecule has 2 aromatic carbocycles. The van der Waals surface area contributed by atoms with Crippen molar-refractivity contribution in [3.05, 3.63) is 64.7 Å². The molecule has 0 saturated heterocycles. The van der Waals surface area contributed by atoms with Gasteiger partial charge in [-0.3, -0.25) is 0 Å². The maximum absolute atomic E-state index is 11.9. The first-order valence-corrected chi connectivity index (χ1v) is 12.8. The second kappa shape index (κ2) is 8.69. The van der Waals surface area contributed by atoms with Gasteiger partial charge in [-0.05, 0) is 109 Å². The summed E-state index contributed by atoms with van der Waals surface area (Å²) in [7, 11) is 0. The van der Waals surface area contributed by atoms with Gasteiger partial charge >= 0.3 is 0 Å². The van der Waals surface area contributed by atoms with Crippen molar-refractivity contribution in [2.75, 3.05) is 0 Å². The minimum atomic E-state index is 0.372. The van der Waals surface area contributed by atoms with E-state index in [1.165, 1.54) is 55.2 Å². The maximum atomic E-state index is 11.9. The molecule has 5 rings (SSSR count). The minimum Gasteiger partial charge on any atom is -0.489 e. The fourth-order valence-corrected chi connectivity index (χ4v) is 7.58. The molecule has 0 aromatic heterocycles. The monoisotopic (exact) mass is 430 g/mol. The van der Waals surface area contributed by atoms with Gasteiger partial charge in [-0.1, -0.05) is 50.2 Å². The fourth-order valence-electron chi connectivity index (χ4n) is 7.58. The van der Waals surface area contributed by atoms with E-state index in [9.17, 15) is 4.79 Å². The Bertz CT molecular complexity index is 978. The normalized spacial score (nSPS) is 30.8. The second-order valence-electron chi connectivity index (χ2n) is 10.9. The molecule has 0 spiro atoms.